The van der Waals surface area contributed by atoms with E-state index in [0.29, 0.717) is 22.9 Å². The molecule has 1 amide bonds. The van der Waals surface area contributed by atoms with E-state index in [1.165, 1.54) is 10.9 Å². The number of H-pyrrole nitrogens is 1. The number of carbonyl (C=O) groups is 2. The van der Waals surface area contributed by atoms with E-state index in [-0.39, 0.29) is 0 Å². The van der Waals surface area contributed by atoms with Crippen molar-refractivity contribution in [1.29, 1.82) is 0 Å². The summed E-state index contributed by atoms with van der Waals surface area (Å²) < 4.78 is 8.01. The number of aryl methyl sites for hydroxylation is 3. The van der Waals surface area contributed by atoms with Gasteiger partial charge in [0.05, 0.1) is 11.0 Å². The minimum atomic E-state index is -1.11. The summed E-state index contributed by atoms with van der Waals surface area (Å²) in [5, 5.41) is 12.4. The first-order valence-corrected chi connectivity index (χ1v) is 11.1. The quantitative estimate of drug-likeness (QED) is 0.327. The second-order valence-corrected chi connectivity index (χ2v) is 8.58. The Balaban J connectivity index is 1.44. The van der Waals surface area contributed by atoms with Crippen LogP contribution in [0.4, 0.5) is 0 Å². The number of nitrogens with zero attached hydrogens (tertiary/aromatic N) is 2. The number of benzene rings is 3. The third-order valence-corrected chi connectivity index (χ3v) is 6.07. The van der Waals surface area contributed by atoms with Crippen molar-refractivity contribution in [2.75, 3.05) is 6.54 Å². The highest BCUT2D eigenvalue weighted by Gasteiger charge is 2.14. The molecule has 0 aliphatic heterocycles. The molecule has 5 aromatic rings. The molecule has 3 N–H and O–H groups in total. The molecule has 0 bridgehead atoms. The molecule has 176 valence electrons. The predicted molar refractivity (Wildman–Crippen MR) is 134 cm³/mol. The van der Waals surface area contributed by atoms with Gasteiger partial charge in [0.25, 0.3) is 11.9 Å². The van der Waals surface area contributed by atoms with E-state index < -0.39 is 18.4 Å². The zero-order valence-electron chi connectivity index (χ0n) is 19.5. The SMILES string of the molecule is Cc1ccc(Oc2nc3cc(-c4ccc5c(ccn5C)c4)c(C)cc3[nH]2)cc1C(=O)NCC(=O)O. The molecule has 0 spiro atoms. The minimum absolute atomic E-state index is 0.302. The molecule has 2 aromatic heterocycles. The van der Waals surface area contributed by atoms with Crippen LogP contribution < -0.4 is 10.1 Å². The lowest BCUT2D eigenvalue weighted by atomic mass is 9.99. The lowest BCUT2D eigenvalue weighted by Gasteiger charge is -2.08. The number of aromatic amines is 1. The number of nitrogens with one attached hydrogen (secondary N) is 2. The van der Waals surface area contributed by atoms with Crippen molar-refractivity contribution in [1.82, 2.24) is 19.9 Å². The van der Waals surface area contributed by atoms with Gasteiger partial charge in [0.15, 0.2) is 0 Å². The smallest absolute Gasteiger partial charge is 0.322 e. The van der Waals surface area contributed by atoms with Gasteiger partial charge in [-0.2, -0.15) is 4.98 Å². The highest BCUT2D eigenvalue weighted by Crippen LogP contribution is 2.32. The van der Waals surface area contributed by atoms with E-state index in [1.54, 1.807) is 25.1 Å². The Morgan fingerprint density at radius 2 is 1.89 bits per heavy atom. The van der Waals surface area contributed by atoms with Gasteiger partial charge in [-0.05, 0) is 78.6 Å². The molecule has 0 atom stereocenters. The maximum atomic E-state index is 12.4. The van der Waals surface area contributed by atoms with Crippen molar-refractivity contribution >= 4 is 33.8 Å². The van der Waals surface area contributed by atoms with E-state index in [1.807, 2.05) is 25.4 Å². The van der Waals surface area contributed by atoms with Gasteiger partial charge in [-0.1, -0.05) is 12.1 Å². The third kappa shape index (κ3) is 4.33. The molecule has 0 saturated heterocycles. The zero-order valence-corrected chi connectivity index (χ0v) is 19.5. The number of imidazole rings is 1. The topological polar surface area (TPSA) is 109 Å². The fraction of sp³-hybridized carbons (Fsp3) is 0.148. The standard InChI is InChI=1S/C27H24N4O4/c1-15-4-6-19(12-21(15)26(34)28-14-25(32)33)35-27-29-22-10-16(2)20(13-23(22)30-27)17-5-7-24-18(11-17)8-9-31(24)3/h4-13H,14H2,1-3H3,(H,28,34)(H,29,30)(H,32,33). The third-order valence-electron chi connectivity index (χ3n) is 6.07. The molecule has 0 aliphatic rings. The normalized spacial score (nSPS) is 11.2. The van der Waals surface area contributed by atoms with Crippen LogP contribution in [0.1, 0.15) is 21.5 Å². The average molecular weight is 469 g/mol. The number of carbonyl (C=O) groups excluding carboxylic acids is 1. The van der Waals surface area contributed by atoms with Gasteiger partial charge >= 0.3 is 5.97 Å². The zero-order chi connectivity index (χ0) is 24.7. The van der Waals surface area contributed by atoms with Crippen molar-refractivity contribution in [3.63, 3.8) is 0 Å². The minimum Gasteiger partial charge on any atom is -0.480 e. The Labute approximate surface area is 201 Å². The number of aromatic nitrogens is 3. The Hall–Kier alpha value is -4.59. The van der Waals surface area contributed by atoms with Gasteiger partial charge in [-0.25, -0.2) is 0 Å². The monoisotopic (exact) mass is 468 g/mol. The van der Waals surface area contributed by atoms with Crippen LogP contribution in [0.15, 0.2) is 60.8 Å². The van der Waals surface area contributed by atoms with Crippen molar-refractivity contribution in [2.45, 2.75) is 13.8 Å². The lowest BCUT2D eigenvalue weighted by Crippen LogP contribution is -2.29. The molecule has 0 unspecified atom stereocenters. The first-order valence-electron chi connectivity index (χ1n) is 11.1. The molecular weight excluding hydrogens is 444 g/mol. The number of rotatable bonds is 6. The number of carboxylic acid groups (broad SMARTS) is 1. The fourth-order valence-corrected chi connectivity index (χ4v) is 4.22. The number of carboxylic acids is 1. The summed E-state index contributed by atoms with van der Waals surface area (Å²) in [5.74, 6) is -1.17. The van der Waals surface area contributed by atoms with Gasteiger partial charge in [0, 0.05) is 29.7 Å². The Kier molecular flexibility index (Phi) is 5.49. The first-order chi connectivity index (χ1) is 16.8. The van der Waals surface area contributed by atoms with Crippen LogP contribution in [0.3, 0.4) is 0 Å². The summed E-state index contributed by atoms with van der Waals surface area (Å²) in [7, 11) is 2.03. The highest BCUT2D eigenvalue weighted by molar-refractivity contribution is 5.97. The lowest BCUT2D eigenvalue weighted by molar-refractivity contribution is -0.135. The number of ether oxygens (including phenoxy) is 1. The van der Waals surface area contributed by atoms with E-state index >= 15 is 0 Å². The largest absolute Gasteiger partial charge is 0.480 e. The van der Waals surface area contributed by atoms with Crippen LogP contribution in [0.5, 0.6) is 11.8 Å². The predicted octanol–water partition coefficient (Wildman–Crippen LogP) is 4.95. The summed E-state index contributed by atoms with van der Waals surface area (Å²) >= 11 is 0. The molecule has 0 aliphatic carbocycles. The summed E-state index contributed by atoms with van der Waals surface area (Å²) in [4.78, 5) is 30.9. The molecule has 0 radical (unpaired) electrons. The van der Waals surface area contributed by atoms with Crippen LogP contribution in [0.2, 0.25) is 0 Å². The molecule has 5 rings (SSSR count). The molecule has 8 heteroatoms. The van der Waals surface area contributed by atoms with Gasteiger partial charge in [-0.15, -0.1) is 0 Å². The molecule has 8 nitrogen and oxygen atoms in total. The maximum Gasteiger partial charge on any atom is 0.322 e. The maximum absolute atomic E-state index is 12.4. The van der Waals surface area contributed by atoms with Crippen LogP contribution in [0, 0.1) is 13.8 Å². The number of fused-ring (bicyclic) bond motifs is 2. The summed E-state index contributed by atoms with van der Waals surface area (Å²) in [5.41, 5.74) is 7.15. The highest BCUT2D eigenvalue weighted by atomic mass is 16.5. The van der Waals surface area contributed by atoms with Gasteiger partial charge in [0.2, 0.25) is 0 Å². The van der Waals surface area contributed by atoms with E-state index in [0.717, 1.165) is 27.7 Å². The number of hydrogen-bond donors (Lipinski definition) is 3. The molecule has 0 fully saturated rings. The molecule has 2 heterocycles. The summed E-state index contributed by atoms with van der Waals surface area (Å²) in [6.45, 7) is 3.39. The van der Waals surface area contributed by atoms with Gasteiger partial charge in [0.1, 0.15) is 12.3 Å². The number of amides is 1. The van der Waals surface area contributed by atoms with Crippen LogP contribution >= 0.6 is 0 Å². The first kappa shape index (κ1) is 22.2. The van der Waals surface area contributed by atoms with Crippen molar-refractivity contribution in [3.05, 3.63) is 77.5 Å². The average Bonchev–Trinajstić information content (AvgIpc) is 3.39. The molecule has 3 aromatic carbocycles. The van der Waals surface area contributed by atoms with E-state index in [9.17, 15) is 9.59 Å². The number of hydrogen-bond acceptors (Lipinski definition) is 4. The molecular formula is C27H24N4O4. The number of aliphatic carboxylic acids is 1. The summed E-state index contributed by atoms with van der Waals surface area (Å²) in [6, 6.07) is 18.0. The van der Waals surface area contributed by atoms with E-state index in [4.69, 9.17) is 9.84 Å². The Morgan fingerprint density at radius 3 is 2.69 bits per heavy atom. The summed E-state index contributed by atoms with van der Waals surface area (Å²) in [6.07, 6.45) is 2.05. The van der Waals surface area contributed by atoms with Crippen molar-refractivity contribution in [3.8, 4) is 22.9 Å². The van der Waals surface area contributed by atoms with Crippen LogP contribution in [0.25, 0.3) is 33.1 Å². The second kappa shape index (κ2) is 8.64. The molecule has 0 saturated carbocycles. The van der Waals surface area contributed by atoms with E-state index in [2.05, 4.69) is 51.0 Å². The van der Waals surface area contributed by atoms with Crippen molar-refractivity contribution in [2.24, 2.45) is 7.05 Å². The van der Waals surface area contributed by atoms with Crippen molar-refractivity contribution < 1.29 is 19.4 Å². The Bertz CT molecular complexity index is 1610. The van der Waals surface area contributed by atoms with Crippen LogP contribution in [-0.2, 0) is 11.8 Å². The second-order valence-electron chi connectivity index (χ2n) is 8.58. The van der Waals surface area contributed by atoms with Crippen LogP contribution in [-0.4, -0.2) is 38.1 Å². The molecule has 35 heavy (non-hydrogen) atoms. The Morgan fingerprint density at radius 1 is 1.06 bits per heavy atom. The van der Waals surface area contributed by atoms with Gasteiger partial charge < -0.3 is 24.7 Å². The fourth-order valence-electron chi connectivity index (χ4n) is 4.22. The van der Waals surface area contributed by atoms with Gasteiger partial charge in [-0.3, -0.25) is 9.59 Å².